The largest absolute Gasteiger partial charge is 0.340 e. The van der Waals surface area contributed by atoms with Crippen LogP contribution >= 0.6 is 0 Å². The second-order valence-electron chi connectivity index (χ2n) is 8.86. The van der Waals surface area contributed by atoms with E-state index >= 15 is 0 Å². The van der Waals surface area contributed by atoms with Gasteiger partial charge in [0.05, 0.1) is 0 Å². The topological polar surface area (TPSA) is 22.0 Å². The van der Waals surface area contributed by atoms with Gasteiger partial charge < -0.3 is 4.57 Å². The Morgan fingerprint density at radius 2 is 1.57 bits per heavy atom. The molecule has 0 amide bonds. The van der Waals surface area contributed by atoms with E-state index in [9.17, 15) is 4.79 Å². The molecule has 0 aliphatic heterocycles. The molecule has 0 bridgehead atoms. The van der Waals surface area contributed by atoms with Crippen molar-refractivity contribution in [1.82, 2.24) is 4.57 Å². The number of nitrogens with zero attached hydrogens (tertiary/aromatic N) is 1. The molecule has 0 aliphatic rings. The van der Waals surface area contributed by atoms with Crippen LogP contribution in [0.15, 0.2) is 42.5 Å². The smallest absolute Gasteiger partial charge is 0.162 e. The Bertz CT molecular complexity index is 952. The third kappa shape index (κ3) is 5.33. The van der Waals surface area contributed by atoms with Crippen molar-refractivity contribution in [2.75, 3.05) is 0 Å². The minimum absolute atomic E-state index is 0.291. The maximum absolute atomic E-state index is 12.8. The van der Waals surface area contributed by atoms with Gasteiger partial charge in [-0.1, -0.05) is 83.9 Å². The molecule has 2 aromatic carbocycles. The van der Waals surface area contributed by atoms with Gasteiger partial charge in [-0.05, 0) is 43.0 Å². The zero-order valence-electron chi connectivity index (χ0n) is 19.3. The van der Waals surface area contributed by atoms with E-state index < -0.39 is 0 Å². The minimum Gasteiger partial charge on any atom is -0.340 e. The molecule has 0 spiro atoms. The van der Waals surface area contributed by atoms with Gasteiger partial charge in [-0.3, -0.25) is 4.79 Å². The van der Waals surface area contributed by atoms with Gasteiger partial charge in [0.15, 0.2) is 5.78 Å². The van der Waals surface area contributed by atoms with Gasteiger partial charge in [0.1, 0.15) is 0 Å². The molecule has 0 N–H and O–H groups in total. The van der Waals surface area contributed by atoms with E-state index in [2.05, 4.69) is 67.8 Å². The Morgan fingerprint density at radius 1 is 0.833 bits per heavy atom. The fraction of sp³-hybridized carbons (Fsp3) is 0.536. The van der Waals surface area contributed by atoms with Crippen molar-refractivity contribution in [3.8, 4) is 0 Å². The molecule has 1 heterocycles. The molecule has 1 atom stereocenters. The lowest BCUT2D eigenvalue weighted by molar-refractivity contribution is 0.0979. The number of Topliss-reactive ketones (excluding diaryl/α,β-unsaturated/α-hetero) is 1. The summed E-state index contributed by atoms with van der Waals surface area (Å²) in [5, 5.41) is 2.50. The van der Waals surface area contributed by atoms with Gasteiger partial charge in [-0.15, -0.1) is 0 Å². The van der Waals surface area contributed by atoms with E-state index in [1.54, 1.807) is 0 Å². The normalized spacial score (nSPS) is 12.6. The maximum atomic E-state index is 12.8. The highest BCUT2D eigenvalue weighted by Gasteiger charge is 2.16. The Labute approximate surface area is 182 Å². The summed E-state index contributed by atoms with van der Waals surface area (Å²) in [7, 11) is 0. The predicted octanol–water partition coefficient (Wildman–Crippen LogP) is 8.55. The van der Waals surface area contributed by atoms with E-state index in [1.165, 1.54) is 66.8 Å². The highest BCUT2D eigenvalue weighted by atomic mass is 16.1. The molecular weight excluding hydrogens is 366 g/mol. The number of fused-ring (bicyclic) bond motifs is 3. The molecule has 0 fully saturated rings. The highest BCUT2D eigenvalue weighted by molar-refractivity contribution is 6.10. The van der Waals surface area contributed by atoms with E-state index in [-0.39, 0.29) is 0 Å². The summed E-state index contributed by atoms with van der Waals surface area (Å²) in [4.78, 5) is 12.8. The van der Waals surface area contributed by atoms with Crippen LogP contribution in [0.5, 0.6) is 0 Å². The number of rotatable bonds is 13. The average Bonchev–Trinajstić information content (AvgIpc) is 3.09. The fourth-order valence-electron chi connectivity index (χ4n) is 4.63. The van der Waals surface area contributed by atoms with Crippen molar-refractivity contribution in [2.24, 2.45) is 5.92 Å². The number of unbranched alkanes of at least 4 members (excludes halogenated alkanes) is 5. The summed E-state index contributed by atoms with van der Waals surface area (Å²) in [5.74, 6) is 0.994. The lowest BCUT2D eigenvalue weighted by Gasteiger charge is -2.17. The standard InChI is InChI=1S/C28H39NO/c1-4-7-9-10-11-17-28(30)23-18-19-27-25(20-23)24-15-12-13-16-26(24)29(27)21-22(6-3)14-8-5-2/h12-13,15-16,18-20,22H,4-11,14,17,21H2,1-3H3. The summed E-state index contributed by atoms with van der Waals surface area (Å²) in [6.07, 6.45) is 11.7. The van der Waals surface area contributed by atoms with Crippen molar-refractivity contribution in [2.45, 2.75) is 91.5 Å². The van der Waals surface area contributed by atoms with Crippen LogP contribution in [0.3, 0.4) is 0 Å². The average molecular weight is 406 g/mol. The van der Waals surface area contributed by atoms with Crippen molar-refractivity contribution in [1.29, 1.82) is 0 Å². The zero-order chi connectivity index (χ0) is 21.3. The third-order valence-electron chi connectivity index (χ3n) is 6.59. The van der Waals surface area contributed by atoms with Crippen LogP contribution in [-0.4, -0.2) is 10.4 Å². The van der Waals surface area contributed by atoms with Crippen LogP contribution in [0.25, 0.3) is 21.8 Å². The molecule has 0 saturated carbocycles. The monoisotopic (exact) mass is 405 g/mol. The molecule has 3 aromatic rings. The Kier molecular flexibility index (Phi) is 8.54. The number of aromatic nitrogens is 1. The zero-order valence-corrected chi connectivity index (χ0v) is 19.3. The first-order valence-electron chi connectivity index (χ1n) is 12.2. The Morgan fingerprint density at radius 3 is 2.33 bits per heavy atom. The van der Waals surface area contributed by atoms with Crippen LogP contribution in [0, 0.1) is 5.92 Å². The molecule has 0 aliphatic carbocycles. The molecule has 30 heavy (non-hydrogen) atoms. The fourth-order valence-corrected chi connectivity index (χ4v) is 4.63. The van der Waals surface area contributed by atoms with E-state index in [4.69, 9.17) is 0 Å². The van der Waals surface area contributed by atoms with Crippen molar-refractivity contribution in [3.05, 3.63) is 48.0 Å². The summed E-state index contributed by atoms with van der Waals surface area (Å²) < 4.78 is 2.49. The van der Waals surface area contributed by atoms with Crippen LogP contribution in [-0.2, 0) is 6.54 Å². The highest BCUT2D eigenvalue weighted by Crippen LogP contribution is 2.32. The molecule has 0 radical (unpaired) electrons. The van der Waals surface area contributed by atoms with Gasteiger partial charge in [-0.25, -0.2) is 0 Å². The lowest BCUT2D eigenvalue weighted by atomic mass is 9.99. The van der Waals surface area contributed by atoms with Gasteiger partial charge in [-0.2, -0.15) is 0 Å². The summed E-state index contributed by atoms with van der Waals surface area (Å²) >= 11 is 0. The van der Waals surface area contributed by atoms with E-state index in [0.29, 0.717) is 18.1 Å². The number of hydrogen-bond donors (Lipinski definition) is 0. The summed E-state index contributed by atoms with van der Waals surface area (Å²) in [5.41, 5.74) is 3.44. The molecular formula is C28H39NO. The first kappa shape index (κ1) is 22.6. The van der Waals surface area contributed by atoms with Crippen LogP contribution < -0.4 is 0 Å². The second kappa shape index (κ2) is 11.3. The number of para-hydroxylation sites is 1. The molecule has 1 unspecified atom stereocenters. The minimum atomic E-state index is 0.291. The number of benzene rings is 2. The third-order valence-corrected chi connectivity index (χ3v) is 6.59. The SMILES string of the molecule is CCCCCCCC(=O)c1ccc2c(c1)c1ccccc1n2CC(CC)CCCC. The van der Waals surface area contributed by atoms with E-state index in [1.807, 2.05) is 0 Å². The van der Waals surface area contributed by atoms with Gasteiger partial charge in [0.25, 0.3) is 0 Å². The Hall–Kier alpha value is -2.09. The summed E-state index contributed by atoms with van der Waals surface area (Å²) in [6, 6.07) is 15.1. The lowest BCUT2D eigenvalue weighted by Crippen LogP contribution is -2.10. The van der Waals surface area contributed by atoms with Gasteiger partial charge in [0.2, 0.25) is 0 Å². The number of carbonyl (C=O) groups is 1. The van der Waals surface area contributed by atoms with Crippen LogP contribution in [0.1, 0.15) is 95.3 Å². The molecule has 3 rings (SSSR count). The number of hydrogen-bond acceptors (Lipinski definition) is 1. The first-order chi connectivity index (χ1) is 14.7. The predicted molar refractivity (Wildman–Crippen MR) is 130 cm³/mol. The first-order valence-corrected chi connectivity index (χ1v) is 12.2. The van der Waals surface area contributed by atoms with Crippen molar-refractivity contribution in [3.63, 3.8) is 0 Å². The Balaban J connectivity index is 1.86. The van der Waals surface area contributed by atoms with E-state index in [0.717, 1.165) is 24.9 Å². The quantitative estimate of drug-likeness (QED) is 0.206. The number of carbonyl (C=O) groups excluding carboxylic acids is 1. The molecule has 0 saturated heterocycles. The molecule has 2 heteroatoms. The van der Waals surface area contributed by atoms with Gasteiger partial charge in [0, 0.05) is 40.3 Å². The van der Waals surface area contributed by atoms with Gasteiger partial charge >= 0.3 is 0 Å². The van der Waals surface area contributed by atoms with Crippen LogP contribution in [0.4, 0.5) is 0 Å². The van der Waals surface area contributed by atoms with Crippen molar-refractivity contribution < 1.29 is 4.79 Å². The molecule has 2 nitrogen and oxygen atoms in total. The second-order valence-corrected chi connectivity index (χ2v) is 8.86. The summed E-state index contributed by atoms with van der Waals surface area (Å²) in [6.45, 7) is 7.87. The van der Waals surface area contributed by atoms with Crippen molar-refractivity contribution >= 4 is 27.6 Å². The number of ketones is 1. The molecule has 1 aromatic heterocycles. The molecule has 162 valence electrons. The maximum Gasteiger partial charge on any atom is 0.162 e. The van der Waals surface area contributed by atoms with Crippen LogP contribution in [0.2, 0.25) is 0 Å².